The molecule has 0 fully saturated rings. The summed E-state index contributed by atoms with van der Waals surface area (Å²) in [6, 6.07) is 1.26. The van der Waals surface area contributed by atoms with Gasteiger partial charge in [0.1, 0.15) is 10.5 Å². The van der Waals surface area contributed by atoms with Crippen molar-refractivity contribution in [1.82, 2.24) is 0 Å². The van der Waals surface area contributed by atoms with Crippen LogP contribution in [-0.4, -0.2) is 42.4 Å². The summed E-state index contributed by atoms with van der Waals surface area (Å²) in [5.74, 6) is 0.987. The Hall–Kier alpha value is 1.14. The van der Waals surface area contributed by atoms with Gasteiger partial charge in [0.15, 0.2) is 26.2 Å². The largest absolute Gasteiger partial charge is 0.464 e. The molecule has 2 nitrogen and oxygen atoms in total. The number of hydrogen-bond acceptors (Lipinski definition) is 3. The first-order valence-electron chi connectivity index (χ1n) is 4.81. The molecule has 0 rings (SSSR count). The van der Waals surface area contributed by atoms with Crippen molar-refractivity contribution in [3.05, 3.63) is 0 Å². The fourth-order valence-electron chi connectivity index (χ4n) is 1.03. The van der Waals surface area contributed by atoms with Crippen molar-refractivity contribution in [2.75, 3.05) is 5.75 Å². The molecule has 0 aliphatic heterocycles. The third-order valence-electron chi connectivity index (χ3n) is 2.08. The Morgan fingerprint density at radius 2 is 2.15 bits per heavy atom. The van der Waals surface area contributed by atoms with Gasteiger partial charge in [-0.3, -0.25) is 0 Å². The number of thiol groups is 1. The number of rotatable bonds is 7. The molecule has 0 radical (unpaired) electrons. The SMILES string of the molecule is C[SiH](C)O[SiH2][Si](C)(CCCS)O[SiH3]. The first-order chi connectivity index (χ1) is 6.04. The van der Waals surface area contributed by atoms with Crippen LogP contribution in [0.15, 0.2) is 0 Å². The van der Waals surface area contributed by atoms with Crippen LogP contribution >= 0.6 is 12.6 Å². The second kappa shape index (κ2) is 7.43. The molecule has 1 atom stereocenters. The molecule has 0 aromatic carbocycles. The van der Waals surface area contributed by atoms with Gasteiger partial charge in [-0.1, -0.05) is 0 Å². The summed E-state index contributed by atoms with van der Waals surface area (Å²) >= 11 is 4.24. The maximum absolute atomic E-state index is 5.91. The Balaban J connectivity index is 3.81. The van der Waals surface area contributed by atoms with Crippen molar-refractivity contribution in [3.63, 3.8) is 0 Å². The summed E-state index contributed by atoms with van der Waals surface area (Å²) in [6.07, 6.45) is 1.20. The zero-order chi connectivity index (χ0) is 10.3. The average molecular weight is 271 g/mol. The minimum atomic E-state index is -1.34. The minimum absolute atomic E-state index is 0.360. The topological polar surface area (TPSA) is 18.5 Å². The first-order valence-corrected chi connectivity index (χ1v) is 14.6. The molecular weight excluding hydrogens is 248 g/mol. The normalized spacial score (nSPS) is 17.3. The van der Waals surface area contributed by atoms with E-state index in [-0.39, 0.29) is 9.28 Å². The van der Waals surface area contributed by atoms with Crippen LogP contribution in [0.2, 0.25) is 25.7 Å². The van der Waals surface area contributed by atoms with Gasteiger partial charge >= 0.3 is 0 Å². The summed E-state index contributed by atoms with van der Waals surface area (Å²) in [7, 11) is -1.63. The zero-order valence-corrected chi connectivity index (χ0v) is 15.6. The molecule has 0 heterocycles. The molecule has 0 aromatic heterocycles. The lowest BCUT2D eigenvalue weighted by atomic mass is 10.6. The van der Waals surface area contributed by atoms with Crippen LogP contribution < -0.4 is 0 Å². The van der Waals surface area contributed by atoms with E-state index >= 15 is 0 Å². The predicted octanol–water partition coefficient (Wildman–Crippen LogP) is -0.241. The lowest BCUT2D eigenvalue weighted by Crippen LogP contribution is -2.44. The summed E-state index contributed by atoms with van der Waals surface area (Å²) in [5.41, 5.74) is 0. The Morgan fingerprint density at radius 3 is 2.54 bits per heavy atom. The highest BCUT2D eigenvalue weighted by molar-refractivity contribution is 7.80. The fourth-order valence-corrected chi connectivity index (χ4v) is 15.0. The Labute approximate surface area is 95.3 Å². The van der Waals surface area contributed by atoms with Gasteiger partial charge in [0.2, 0.25) is 0 Å². The molecule has 0 spiro atoms. The van der Waals surface area contributed by atoms with E-state index in [0.717, 1.165) is 16.2 Å². The van der Waals surface area contributed by atoms with Gasteiger partial charge < -0.3 is 8.23 Å². The van der Waals surface area contributed by atoms with E-state index in [4.69, 9.17) is 8.23 Å². The van der Waals surface area contributed by atoms with E-state index in [0.29, 0.717) is 0 Å². The van der Waals surface area contributed by atoms with Gasteiger partial charge in [-0.2, -0.15) is 12.6 Å². The smallest absolute Gasteiger partial charge is 0.186 e. The quantitative estimate of drug-likeness (QED) is 0.508. The van der Waals surface area contributed by atoms with E-state index < -0.39 is 16.9 Å². The molecule has 0 aliphatic rings. The van der Waals surface area contributed by atoms with Gasteiger partial charge in [0, 0.05) is 0 Å². The highest BCUT2D eigenvalue weighted by atomic mass is 32.1. The monoisotopic (exact) mass is 270 g/mol. The molecule has 0 aliphatic carbocycles. The van der Waals surface area contributed by atoms with Gasteiger partial charge in [0.25, 0.3) is 0 Å². The van der Waals surface area contributed by atoms with E-state index in [1.54, 1.807) is 0 Å². The molecule has 0 amide bonds. The summed E-state index contributed by atoms with van der Waals surface area (Å²) in [5, 5.41) is 0. The molecule has 80 valence electrons. The lowest BCUT2D eigenvalue weighted by molar-refractivity contribution is 0.585. The van der Waals surface area contributed by atoms with Crippen LogP contribution in [0.25, 0.3) is 0 Å². The summed E-state index contributed by atoms with van der Waals surface area (Å²) in [6.45, 7) is 6.83. The van der Waals surface area contributed by atoms with Crippen LogP contribution in [0.4, 0.5) is 0 Å². The second-order valence-corrected chi connectivity index (χ2v) is 18.4. The van der Waals surface area contributed by atoms with Crippen LogP contribution in [0.5, 0.6) is 0 Å². The predicted molar refractivity (Wildman–Crippen MR) is 74.4 cm³/mol. The summed E-state index contributed by atoms with van der Waals surface area (Å²) in [4.78, 5) is 0. The molecule has 0 saturated carbocycles. The fraction of sp³-hybridized carbons (Fsp3) is 1.00. The van der Waals surface area contributed by atoms with Gasteiger partial charge in [-0.05, 0) is 37.9 Å². The molecule has 1 unspecified atom stereocenters. The van der Waals surface area contributed by atoms with Gasteiger partial charge in [-0.15, -0.1) is 0 Å². The van der Waals surface area contributed by atoms with Gasteiger partial charge in [0.05, 0.1) is 0 Å². The first kappa shape index (κ1) is 14.1. The number of hydrogen-bond donors (Lipinski definition) is 1. The van der Waals surface area contributed by atoms with Crippen molar-refractivity contribution in [2.24, 2.45) is 0 Å². The van der Waals surface area contributed by atoms with Crippen molar-refractivity contribution >= 4 is 49.3 Å². The van der Waals surface area contributed by atoms with Crippen LogP contribution in [-0.2, 0) is 8.23 Å². The standard InChI is InChI=1S/C6H22O2SSi4/c1-12(2)8-11-13(3,7-10)6-4-5-9/h9,12H,4-6,11H2,1-3,10H3. The van der Waals surface area contributed by atoms with Crippen LogP contribution in [0, 0.1) is 0 Å². The van der Waals surface area contributed by atoms with Crippen LogP contribution in [0.1, 0.15) is 6.42 Å². The van der Waals surface area contributed by atoms with Gasteiger partial charge in [-0.25, -0.2) is 0 Å². The molecule has 0 saturated heterocycles. The highest BCUT2D eigenvalue weighted by Gasteiger charge is 2.27. The van der Waals surface area contributed by atoms with Crippen LogP contribution in [0.3, 0.4) is 0 Å². The molecular formula is C6H22O2SSi4. The van der Waals surface area contributed by atoms with Crippen molar-refractivity contribution in [3.8, 4) is 0 Å². The average Bonchev–Trinajstić information content (AvgIpc) is 2.11. The van der Waals surface area contributed by atoms with E-state index in [1.165, 1.54) is 12.5 Å². The zero-order valence-electron chi connectivity index (χ0n) is 9.17. The highest BCUT2D eigenvalue weighted by Crippen LogP contribution is 2.12. The molecule has 7 heteroatoms. The van der Waals surface area contributed by atoms with E-state index in [9.17, 15) is 0 Å². The molecule has 0 bridgehead atoms. The van der Waals surface area contributed by atoms with Crippen molar-refractivity contribution in [1.29, 1.82) is 0 Å². The lowest BCUT2D eigenvalue weighted by Gasteiger charge is -2.26. The Morgan fingerprint density at radius 1 is 1.54 bits per heavy atom. The Bertz CT molecular complexity index is 138. The van der Waals surface area contributed by atoms with Crippen molar-refractivity contribution < 1.29 is 8.23 Å². The molecule has 0 N–H and O–H groups in total. The maximum atomic E-state index is 5.91. The van der Waals surface area contributed by atoms with Crippen molar-refractivity contribution in [2.45, 2.75) is 32.1 Å². The van der Waals surface area contributed by atoms with E-state index in [2.05, 4.69) is 32.3 Å². The third kappa shape index (κ3) is 7.11. The maximum Gasteiger partial charge on any atom is 0.186 e. The van der Waals surface area contributed by atoms with E-state index in [1.807, 2.05) is 0 Å². The molecule has 13 heavy (non-hydrogen) atoms. The second-order valence-electron chi connectivity index (χ2n) is 3.84. The Kier molecular flexibility index (Phi) is 8.08. The molecule has 0 aromatic rings. The minimum Gasteiger partial charge on any atom is -0.464 e. The third-order valence-corrected chi connectivity index (χ3v) is 18.7. The summed E-state index contributed by atoms with van der Waals surface area (Å²) < 4.78 is 11.7.